The summed E-state index contributed by atoms with van der Waals surface area (Å²) in [6, 6.07) is 0. The standard InChI is InChI=1S/C10H17N3O2/c1-13-8-9(7-12-13)4-6-11-5-2-3-10(14)15/h7-8,11H,2-6H2,1H3,(H,14,15). The molecule has 2 N–H and O–H groups in total. The van der Waals surface area contributed by atoms with Crippen molar-refractivity contribution in [3.8, 4) is 0 Å². The number of hydrogen-bond donors (Lipinski definition) is 2. The van der Waals surface area contributed by atoms with Crippen LogP contribution in [0.15, 0.2) is 12.4 Å². The van der Waals surface area contributed by atoms with Gasteiger partial charge in [-0.15, -0.1) is 0 Å². The number of nitrogens with one attached hydrogen (secondary N) is 1. The Hall–Kier alpha value is -1.36. The van der Waals surface area contributed by atoms with Crippen molar-refractivity contribution in [2.75, 3.05) is 13.1 Å². The highest BCUT2D eigenvalue weighted by atomic mass is 16.4. The molecule has 0 amide bonds. The molecule has 15 heavy (non-hydrogen) atoms. The van der Waals surface area contributed by atoms with Gasteiger partial charge in [-0.3, -0.25) is 9.48 Å². The molecule has 1 rings (SSSR count). The Morgan fingerprint density at radius 1 is 1.60 bits per heavy atom. The van der Waals surface area contributed by atoms with E-state index in [1.165, 1.54) is 5.56 Å². The van der Waals surface area contributed by atoms with Gasteiger partial charge in [0.15, 0.2) is 0 Å². The molecule has 0 unspecified atom stereocenters. The third kappa shape index (κ3) is 5.17. The van der Waals surface area contributed by atoms with Crippen LogP contribution in [-0.2, 0) is 18.3 Å². The van der Waals surface area contributed by atoms with E-state index in [0.29, 0.717) is 6.42 Å². The van der Waals surface area contributed by atoms with Crippen LogP contribution in [0, 0.1) is 0 Å². The number of carboxylic acids is 1. The normalized spacial score (nSPS) is 10.5. The summed E-state index contributed by atoms with van der Waals surface area (Å²) in [5, 5.41) is 15.7. The van der Waals surface area contributed by atoms with Gasteiger partial charge in [-0.2, -0.15) is 5.10 Å². The Morgan fingerprint density at radius 3 is 3.00 bits per heavy atom. The molecule has 0 saturated heterocycles. The first-order chi connectivity index (χ1) is 7.18. The van der Waals surface area contributed by atoms with E-state index in [1.807, 2.05) is 19.4 Å². The summed E-state index contributed by atoms with van der Waals surface area (Å²) in [7, 11) is 1.89. The molecule has 0 bridgehead atoms. The number of aromatic nitrogens is 2. The largest absolute Gasteiger partial charge is 0.481 e. The molecule has 0 saturated carbocycles. The van der Waals surface area contributed by atoms with Crippen LogP contribution in [0.3, 0.4) is 0 Å². The van der Waals surface area contributed by atoms with E-state index in [1.54, 1.807) is 4.68 Å². The van der Waals surface area contributed by atoms with Gasteiger partial charge in [0.1, 0.15) is 0 Å². The summed E-state index contributed by atoms with van der Waals surface area (Å²) in [6.45, 7) is 1.62. The van der Waals surface area contributed by atoms with Gasteiger partial charge in [-0.05, 0) is 31.5 Å². The number of aliphatic carboxylic acids is 1. The molecule has 0 aliphatic carbocycles. The predicted octanol–water partition coefficient (Wildman–Crippen LogP) is 0.417. The number of carbonyl (C=O) groups is 1. The average Bonchev–Trinajstić information content (AvgIpc) is 2.57. The minimum absolute atomic E-state index is 0.236. The minimum Gasteiger partial charge on any atom is -0.481 e. The van der Waals surface area contributed by atoms with Gasteiger partial charge in [0.2, 0.25) is 0 Å². The van der Waals surface area contributed by atoms with Gasteiger partial charge in [-0.1, -0.05) is 0 Å². The molecular formula is C10H17N3O2. The van der Waals surface area contributed by atoms with E-state index in [4.69, 9.17) is 5.11 Å². The van der Waals surface area contributed by atoms with Crippen molar-refractivity contribution in [1.29, 1.82) is 0 Å². The molecule has 1 heterocycles. The fraction of sp³-hybridized carbons (Fsp3) is 0.600. The van der Waals surface area contributed by atoms with Crippen molar-refractivity contribution in [1.82, 2.24) is 15.1 Å². The Bertz CT molecular complexity index is 309. The quantitative estimate of drug-likeness (QED) is 0.641. The Kier molecular flexibility index (Phi) is 4.83. The van der Waals surface area contributed by atoms with E-state index in [9.17, 15) is 4.79 Å². The highest BCUT2D eigenvalue weighted by molar-refractivity contribution is 5.66. The fourth-order valence-corrected chi connectivity index (χ4v) is 1.32. The number of hydrogen-bond acceptors (Lipinski definition) is 3. The number of carboxylic acid groups (broad SMARTS) is 1. The van der Waals surface area contributed by atoms with E-state index in [0.717, 1.165) is 19.5 Å². The van der Waals surface area contributed by atoms with Gasteiger partial charge >= 0.3 is 5.97 Å². The first-order valence-corrected chi connectivity index (χ1v) is 5.08. The Morgan fingerprint density at radius 2 is 2.40 bits per heavy atom. The van der Waals surface area contributed by atoms with E-state index in [-0.39, 0.29) is 6.42 Å². The van der Waals surface area contributed by atoms with Crippen LogP contribution in [0.25, 0.3) is 0 Å². The van der Waals surface area contributed by atoms with Crippen molar-refractivity contribution < 1.29 is 9.90 Å². The van der Waals surface area contributed by atoms with Gasteiger partial charge < -0.3 is 10.4 Å². The molecule has 0 aliphatic heterocycles. The lowest BCUT2D eigenvalue weighted by Gasteiger charge is -2.01. The third-order valence-electron chi connectivity index (χ3n) is 2.09. The zero-order chi connectivity index (χ0) is 11.1. The van der Waals surface area contributed by atoms with E-state index >= 15 is 0 Å². The molecule has 1 aromatic heterocycles. The topological polar surface area (TPSA) is 67.2 Å². The lowest BCUT2D eigenvalue weighted by molar-refractivity contribution is -0.137. The molecular weight excluding hydrogens is 194 g/mol. The van der Waals surface area contributed by atoms with Gasteiger partial charge in [0, 0.05) is 19.7 Å². The van der Waals surface area contributed by atoms with Crippen LogP contribution >= 0.6 is 0 Å². The van der Waals surface area contributed by atoms with Crippen LogP contribution < -0.4 is 5.32 Å². The zero-order valence-electron chi connectivity index (χ0n) is 8.94. The lowest BCUT2D eigenvalue weighted by Crippen LogP contribution is -2.19. The smallest absolute Gasteiger partial charge is 0.303 e. The van der Waals surface area contributed by atoms with Crippen LogP contribution in [0.5, 0.6) is 0 Å². The average molecular weight is 211 g/mol. The summed E-state index contributed by atoms with van der Waals surface area (Å²) < 4.78 is 1.78. The molecule has 84 valence electrons. The second-order valence-electron chi connectivity index (χ2n) is 3.52. The maximum Gasteiger partial charge on any atom is 0.303 e. The molecule has 0 fully saturated rings. The van der Waals surface area contributed by atoms with Crippen molar-refractivity contribution in [3.05, 3.63) is 18.0 Å². The number of nitrogens with zero attached hydrogens (tertiary/aromatic N) is 2. The Balaban J connectivity index is 2.00. The van der Waals surface area contributed by atoms with E-state index in [2.05, 4.69) is 10.4 Å². The fourth-order valence-electron chi connectivity index (χ4n) is 1.32. The van der Waals surface area contributed by atoms with Crippen molar-refractivity contribution in [2.24, 2.45) is 7.05 Å². The molecule has 0 aromatic carbocycles. The monoisotopic (exact) mass is 211 g/mol. The van der Waals surface area contributed by atoms with E-state index < -0.39 is 5.97 Å². The summed E-state index contributed by atoms with van der Waals surface area (Å²) in [4.78, 5) is 10.2. The lowest BCUT2D eigenvalue weighted by atomic mass is 10.2. The minimum atomic E-state index is -0.732. The molecule has 0 atom stereocenters. The number of rotatable bonds is 7. The van der Waals surface area contributed by atoms with Crippen molar-refractivity contribution in [2.45, 2.75) is 19.3 Å². The zero-order valence-corrected chi connectivity index (χ0v) is 8.94. The third-order valence-corrected chi connectivity index (χ3v) is 2.09. The molecule has 0 aliphatic rings. The summed E-state index contributed by atoms with van der Waals surface area (Å²) >= 11 is 0. The van der Waals surface area contributed by atoms with Gasteiger partial charge in [0.05, 0.1) is 6.20 Å². The predicted molar refractivity (Wildman–Crippen MR) is 56.7 cm³/mol. The molecule has 0 spiro atoms. The first kappa shape index (κ1) is 11.7. The molecule has 5 nitrogen and oxygen atoms in total. The summed E-state index contributed by atoms with van der Waals surface area (Å²) in [5.41, 5.74) is 1.20. The molecule has 0 radical (unpaired) electrons. The van der Waals surface area contributed by atoms with Gasteiger partial charge in [-0.25, -0.2) is 0 Å². The molecule has 1 aromatic rings. The number of aryl methyl sites for hydroxylation is 1. The summed E-state index contributed by atoms with van der Waals surface area (Å²) in [6.07, 6.45) is 5.68. The second kappa shape index (κ2) is 6.19. The van der Waals surface area contributed by atoms with Crippen LogP contribution in [0.4, 0.5) is 0 Å². The van der Waals surface area contributed by atoms with Crippen LogP contribution in [-0.4, -0.2) is 33.9 Å². The maximum atomic E-state index is 10.2. The summed E-state index contributed by atoms with van der Waals surface area (Å²) in [5.74, 6) is -0.732. The highest BCUT2D eigenvalue weighted by Gasteiger charge is 1.97. The van der Waals surface area contributed by atoms with Crippen molar-refractivity contribution >= 4 is 5.97 Å². The van der Waals surface area contributed by atoms with Crippen LogP contribution in [0.1, 0.15) is 18.4 Å². The van der Waals surface area contributed by atoms with Crippen LogP contribution in [0.2, 0.25) is 0 Å². The highest BCUT2D eigenvalue weighted by Crippen LogP contribution is 1.96. The SMILES string of the molecule is Cn1cc(CCNCCCC(=O)O)cn1. The maximum absolute atomic E-state index is 10.2. The Labute approximate surface area is 89.1 Å². The van der Waals surface area contributed by atoms with Crippen molar-refractivity contribution in [3.63, 3.8) is 0 Å². The second-order valence-corrected chi connectivity index (χ2v) is 3.52. The first-order valence-electron chi connectivity index (χ1n) is 5.08. The molecule has 5 heteroatoms. The van der Waals surface area contributed by atoms with Gasteiger partial charge in [0.25, 0.3) is 0 Å².